The van der Waals surface area contributed by atoms with Crippen LogP contribution in [0.25, 0.3) is 0 Å². The summed E-state index contributed by atoms with van der Waals surface area (Å²) in [5.41, 5.74) is 2.22. The molecule has 0 bridgehead atoms. The van der Waals surface area contributed by atoms with Crippen LogP contribution >= 0.6 is 24.0 Å². The molecule has 0 aliphatic heterocycles. The van der Waals surface area contributed by atoms with Gasteiger partial charge in [-0.05, 0) is 32.1 Å². The van der Waals surface area contributed by atoms with Gasteiger partial charge in [0.25, 0.3) is 0 Å². The predicted molar refractivity (Wildman–Crippen MR) is 103 cm³/mol. The molecule has 0 amide bonds. The van der Waals surface area contributed by atoms with E-state index in [2.05, 4.69) is 20.5 Å². The second kappa shape index (κ2) is 11.5. The maximum Gasteiger partial charge on any atom is 0.390 e. The third kappa shape index (κ3) is 9.96. The van der Waals surface area contributed by atoms with E-state index >= 15 is 0 Å². The minimum absolute atomic E-state index is 0. The lowest BCUT2D eigenvalue weighted by atomic mass is 10.1. The van der Waals surface area contributed by atoms with Gasteiger partial charge in [0.15, 0.2) is 5.96 Å². The first-order valence-corrected chi connectivity index (χ1v) is 7.62. The van der Waals surface area contributed by atoms with Gasteiger partial charge in [0.1, 0.15) is 0 Å². The van der Waals surface area contributed by atoms with E-state index in [-0.39, 0.29) is 30.5 Å². The van der Waals surface area contributed by atoms with Crippen LogP contribution in [-0.2, 0) is 13.1 Å². The second-order valence-electron chi connectivity index (χ2n) is 5.49. The summed E-state index contributed by atoms with van der Waals surface area (Å²) in [5.74, 6) is 0.399. The fraction of sp³-hybridized carbons (Fsp3) is 0.562. The molecule has 0 radical (unpaired) electrons. The summed E-state index contributed by atoms with van der Waals surface area (Å²) < 4.78 is 36.6. The molecule has 1 aromatic carbocycles. The highest BCUT2D eigenvalue weighted by atomic mass is 127. The lowest BCUT2D eigenvalue weighted by molar-refractivity contribution is -0.132. The van der Waals surface area contributed by atoms with Crippen molar-refractivity contribution >= 4 is 29.9 Å². The molecule has 2 N–H and O–H groups in total. The molecular formula is C16H26F3IN4. The Hall–Kier alpha value is -1.03. The van der Waals surface area contributed by atoms with Crippen molar-refractivity contribution < 1.29 is 13.2 Å². The predicted octanol–water partition coefficient (Wildman–Crippen LogP) is 3.37. The molecule has 0 aliphatic carbocycles. The van der Waals surface area contributed by atoms with Crippen molar-refractivity contribution in [2.75, 3.05) is 27.2 Å². The summed E-state index contributed by atoms with van der Waals surface area (Å²) in [6, 6.07) is 7.93. The van der Waals surface area contributed by atoms with Gasteiger partial charge in [-0.1, -0.05) is 24.3 Å². The van der Waals surface area contributed by atoms with E-state index in [1.54, 1.807) is 0 Å². The monoisotopic (exact) mass is 458 g/mol. The summed E-state index contributed by atoms with van der Waals surface area (Å²) >= 11 is 0. The number of hydrogen-bond donors (Lipinski definition) is 2. The SMILES string of the molecule is CCNC(=NCc1ccccc1CN(C)C)NCCC(F)(F)F.I. The zero-order chi connectivity index (χ0) is 17.3. The van der Waals surface area contributed by atoms with Gasteiger partial charge in [0.2, 0.25) is 0 Å². The first-order valence-electron chi connectivity index (χ1n) is 7.62. The first kappa shape index (κ1) is 23.0. The molecule has 1 rings (SSSR count). The molecule has 0 aliphatic rings. The number of hydrogen-bond acceptors (Lipinski definition) is 2. The van der Waals surface area contributed by atoms with Gasteiger partial charge in [-0.15, -0.1) is 24.0 Å². The maximum atomic E-state index is 12.2. The summed E-state index contributed by atoms with van der Waals surface area (Å²) in [6.45, 7) is 3.50. The Kier molecular flexibility index (Phi) is 11.0. The number of halogens is 4. The van der Waals surface area contributed by atoms with E-state index in [0.717, 1.165) is 17.7 Å². The van der Waals surface area contributed by atoms with Crippen molar-refractivity contribution in [1.82, 2.24) is 15.5 Å². The Morgan fingerprint density at radius 3 is 2.29 bits per heavy atom. The van der Waals surface area contributed by atoms with E-state index < -0.39 is 12.6 Å². The highest BCUT2D eigenvalue weighted by molar-refractivity contribution is 14.0. The molecule has 0 atom stereocenters. The van der Waals surface area contributed by atoms with Gasteiger partial charge in [0.05, 0.1) is 13.0 Å². The molecule has 0 saturated carbocycles. The zero-order valence-corrected chi connectivity index (χ0v) is 16.6. The van der Waals surface area contributed by atoms with Crippen molar-refractivity contribution in [3.63, 3.8) is 0 Å². The Bertz CT molecular complexity index is 504. The number of alkyl halides is 3. The Morgan fingerprint density at radius 1 is 1.12 bits per heavy atom. The number of aliphatic imine (C=N–C) groups is 1. The Morgan fingerprint density at radius 2 is 1.75 bits per heavy atom. The van der Waals surface area contributed by atoms with Gasteiger partial charge in [-0.3, -0.25) is 0 Å². The average molecular weight is 458 g/mol. The van der Waals surface area contributed by atoms with Crippen molar-refractivity contribution in [3.05, 3.63) is 35.4 Å². The first-order chi connectivity index (χ1) is 10.8. The highest BCUT2D eigenvalue weighted by Gasteiger charge is 2.26. The number of nitrogens with zero attached hydrogens (tertiary/aromatic N) is 2. The third-order valence-corrected chi connectivity index (χ3v) is 3.06. The molecule has 1 aromatic rings. The standard InChI is InChI=1S/C16H25F3N4.HI/c1-4-20-15(21-10-9-16(17,18)19)22-11-13-7-5-6-8-14(13)12-23(2)3;/h5-8H,4,9-12H2,1-3H3,(H2,20,21,22);1H. The lowest BCUT2D eigenvalue weighted by Crippen LogP contribution is -2.38. The molecule has 0 heterocycles. The summed E-state index contributed by atoms with van der Waals surface area (Å²) in [6.07, 6.45) is -5.04. The molecule has 0 unspecified atom stereocenters. The number of guanidine groups is 1. The number of nitrogens with one attached hydrogen (secondary N) is 2. The Balaban J connectivity index is 0.00000529. The summed E-state index contributed by atoms with van der Waals surface area (Å²) in [4.78, 5) is 6.44. The van der Waals surface area contributed by atoms with Crippen LogP contribution in [0.5, 0.6) is 0 Å². The zero-order valence-electron chi connectivity index (χ0n) is 14.3. The summed E-state index contributed by atoms with van der Waals surface area (Å²) in [5, 5.41) is 5.68. The minimum Gasteiger partial charge on any atom is -0.357 e. The van der Waals surface area contributed by atoms with Gasteiger partial charge < -0.3 is 15.5 Å². The van der Waals surface area contributed by atoms with Gasteiger partial charge in [-0.25, -0.2) is 4.99 Å². The van der Waals surface area contributed by atoms with Gasteiger partial charge in [-0.2, -0.15) is 13.2 Å². The maximum absolute atomic E-state index is 12.2. The molecule has 0 saturated heterocycles. The van der Waals surface area contributed by atoms with Crippen molar-refractivity contribution in [3.8, 4) is 0 Å². The molecule has 0 spiro atoms. The summed E-state index contributed by atoms with van der Waals surface area (Å²) in [7, 11) is 3.98. The van der Waals surface area contributed by atoms with E-state index in [0.29, 0.717) is 19.0 Å². The minimum atomic E-state index is -4.16. The molecule has 8 heteroatoms. The van der Waals surface area contributed by atoms with E-state index in [4.69, 9.17) is 0 Å². The fourth-order valence-corrected chi connectivity index (χ4v) is 2.04. The van der Waals surface area contributed by atoms with Crippen LogP contribution in [0.4, 0.5) is 13.2 Å². The van der Waals surface area contributed by atoms with Crippen LogP contribution < -0.4 is 10.6 Å². The fourth-order valence-electron chi connectivity index (χ4n) is 2.04. The van der Waals surface area contributed by atoms with Crippen LogP contribution in [0.1, 0.15) is 24.5 Å². The highest BCUT2D eigenvalue weighted by Crippen LogP contribution is 2.18. The largest absolute Gasteiger partial charge is 0.390 e. The normalized spacial score (nSPS) is 12.0. The van der Waals surface area contributed by atoms with E-state index in [9.17, 15) is 13.2 Å². The number of rotatable bonds is 7. The van der Waals surface area contributed by atoms with E-state index in [1.165, 1.54) is 0 Å². The smallest absolute Gasteiger partial charge is 0.357 e. The lowest BCUT2D eigenvalue weighted by Gasteiger charge is -2.15. The van der Waals surface area contributed by atoms with Crippen molar-refractivity contribution in [2.24, 2.45) is 4.99 Å². The van der Waals surface area contributed by atoms with Crippen molar-refractivity contribution in [2.45, 2.75) is 32.6 Å². The second-order valence-corrected chi connectivity index (χ2v) is 5.49. The molecule has 4 nitrogen and oxygen atoms in total. The van der Waals surface area contributed by atoms with Crippen LogP contribution in [0.3, 0.4) is 0 Å². The molecule has 138 valence electrons. The van der Waals surface area contributed by atoms with Crippen molar-refractivity contribution in [1.29, 1.82) is 0 Å². The quantitative estimate of drug-likeness (QED) is 0.374. The van der Waals surface area contributed by atoms with Crippen LogP contribution in [0.2, 0.25) is 0 Å². The molecule has 0 aromatic heterocycles. The molecule has 0 fully saturated rings. The van der Waals surface area contributed by atoms with Crippen LogP contribution in [0.15, 0.2) is 29.3 Å². The topological polar surface area (TPSA) is 39.7 Å². The van der Waals surface area contributed by atoms with Gasteiger partial charge in [0, 0.05) is 19.6 Å². The molecule has 24 heavy (non-hydrogen) atoms. The molecular weight excluding hydrogens is 432 g/mol. The van der Waals surface area contributed by atoms with Gasteiger partial charge >= 0.3 is 6.18 Å². The van der Waals surface area contributed by atoms with Crippen LogP contribution in [-0.4, -0.2) is 44.2 Å². The van der Waals surface area contributed by atoms with E-state index in [1.807, 2.05) is 45.3 Å². The Labute approximate surface area is 158 Å². The third-order valence-electron chi connectivity index (χ3n) is 3.06. The number of benzene rings is 1. The average Bonchev–Trinajstić information content (AvgIpc) is 2.44. The van der Waals surface area contributed by atoms with Crippen LogP contribution in [0, 0.1) is 0 Å².